The van der Waals surface area contributed by atoms with Crippen molar-refractivity contribution in [1.82, 2.24) is 13.1 Å². The van der Waals surface area contributed by atoms with E-state index in [0.717, 1.165) is 23.0 Å². The minimum absolute atomic E-state index is 0.233. The first kappa shape index (κ1) is 17.7. The largest absolute Gasteiger partial charge is 0.369 e. The minimum atomic E-state index is -3.60. The van der Waals surface area contributed by atoms with Gasteiger partial charge in [-0.15, -0.1) is 0 Å². The maximum absolute atomic E-state index is 13.1. The molecule has 0 bridgehead atoms. The molecule has 0 N–H and O–H groups in total. The average molecular weight is 409 g/mol. The van der Waals surface area contributed by atoms with Crippen molar-refractivity contribution in [1.29, 1.82) is 0 Å². The third-order valence-corrected chi connectivity index (χ3v) is 7.33. The number of aryl methyl sites for hydroxylation is 1. The van der Waals surface area contributed by atoms with Gasteiger partial charge in [-0.3, -0.25) is 0 Å². The first-order chi connectivity index (χ1) is 12.5. The van der Waals surface area contributed by atoms with Crippen molar-refractivity contribution in [2.45, 2.75) is 11.8 Å². The molecular formula is C17H17ClN4O2S2. The summed E-state index contributed by atoms with van der Waals surface area (Å²) in [6.07, 6.45) is 0. The Balaban J connectivity index is 1.58. The van der Waals surface area contributed by atoms with Gasteiger partial charge in [-0.2, -0.15) is 13.1 Å². The molecule has 3 aromatic rings. The summed E-state index contributed by atoms with van der Waals surface area (Å²) in [6.45, 7) is 4.10. The van der Waals surface area contributed by atoms with E-state index in [1.165, 1.54) is 4.31 Å². The Hall–Kier alpha value is -1.74. The van der Waals surface area contributed by atoms with Crippen LogP contribution in [0.2, 0.25) is 5.02 Å². The lowest BCUT2D eigenvalue weighted by Crippen LogP contribution is -2.48. The Kier molecular flexibility index (Phi) is 4.60. The van der Waals surface area contributed by atoms with Crippen LogP contribution in [0.4, 0.5) is 5.69 Å². The van der Waals surface area contributed by atoms with Crippen LogP contribution in [0.3, 0.4) is 0 Å². The Morgan fingerprint density at radius 3 is 2.62 bits per heavy atom. The number of nitrogens with zero attached hydrogens (tertiary/aromatic N) is 4. The van der Waals surface area contributed by atoms with E-state index in [-0.39, 0.29) is 4.90 Å². The van der Waals surface area contributed by atoms with Gasteiger partial charge in [0.25, 0.3) is 0 Å². The Labute approximate surface area is 161 Å². The molecule has 6 nitrogen and oxygen atoms in total. The van der Waals surface area contributed by atoms with Gasteiger partial charge in [-0.25, -0.2) is 8.42 Å². The number of anilines is 1. The normalized spacial score (nSPS) is 16.3. The summed E-state index contributed by atoms with van der Waals surface area (Å²) in [5, 5.41) is 0.684. The van der Waals surface area contributed by atoms with Gasteiger partial charge in [-0.1, -0.05) is 23.7 Å². The molecule has 1 fully saturated rings. The zero-order valence-corrected chi connectivity index (χ0v) is 16.5. The van der Waals surface area contributed by atoms with Gasteiger partial charge < -0.3 is 4.90 Å². The summed E-state index contributed by atoms with van der Waals surface area (Å²) in [6, 6.07) is 10.9. The number of hydrogen-bond acceptors (Lipinski definition) is 6. The van der Waals surface area contributed by atoms with Crippen molar-refractivity contribution >= 4 is 50.1 Å². The molecule has 9 heteroatoms. The molecular weight excluding hydrogens is 392 g/mol. The number of halogens is 1. The molecule has 2 aromatic carbocycles. The van der Waals surface area contributed by atoms with Gasteiger partial charge in [0.1, 0.15) is 15.9 Å². The van der Waals surface area contributed by atoms with Gasteiger partial charge in [0.05, 0.1) is 11.7 Å². The molecule has 26 heavy (non-hydrogen) atoms. The van der Waals surface area contributed by atoms with Crippen LogP contribution >= 0.6 is 23.3 Å². The molecule has 0 aliphatic carbocycles. The molecule has 0 amide bonds. The third-order valence-electron chi connectivity index (χ3n) is 4.62. The lowest BCUT2D eigenvalue weighted by Gasteiger charge is -2.36. The van der Waals surface area contributed by atoms with Crippen molar-refractivity contribution in [3.63, 3.8) is 0 Å². The lowest BCUT2D eigenvalue weighted by molar-refractivity contribution is 0.385. The van der Waals surface area contributed by atoms with E-state index in [0.29, 0.717) is 42.2 Å². The number of aromatic nitrogens is 2. The summed E-state index contributed by atoms with van der Waals surface area (Å²) in [5.74, 6) is 0. The van der Waals surface area contributed by atoms with E-state index in [4.69, 9.17) is 11.6 Å². The van der Waals surface area contributed by atoms with E-state index in [2.05, 4.69) is 13.6 Å². The van der Waals surface area contributed by atoms with Crippen molar-refractivity contribution in [3.05, 3.63) is 47.0 Å². The monoisotopic (exact) mass is 408 g/mol. The maximum atomic E-state index is 13.1. The van der Waals surface area contributed by atoms with Crippen LogP contribution in [0.5, 0.6) is 0 Å². The van der Waals surface area contributed by atoms with E-state index in [1.807, 2.05) is 25.1 Å². The molecule has 1 aliphatic heterocycles. The lowest BCUT2D eigenvalue weighted by atomic mass is 10.1. The molecule has 136 valence electrons. The first-order valence-corrected chi connectivity index (χ1v) is 10.7. The van der Waals surface area contributed by atoms with Crippen molar-refractivity contribution in [2.75, 3.05) is 31.1 Å². The van der Waals surface area contributed by atoms with E-state index in [1.54, 1.807) is 18.2 Å². The first-order valence-electron chi connectivity index (χ1n) is 8.19. The van der Waals surface area contributed by atoms with Gasteiger partial charge in [0.15, 0.2) is 0 Å². The third kappa shape index (κ3) is 3.07. The second-order valence-electron chi connectivity index (χ2n) is 6.21. The SMILES string of the molecule is Cc1ccc(Cl)cc1N1CCN(S(=O)(=O)c2cccc3nsnc23)CC1. The number of sulfonamides is 1. The number of hydrogen-bond donors (Lipinski definition) is 0. The number of fused-ring (bicyclic) bond motifs is 1. The summed E-state index contributed by atoms with van der Waals surface area (Å²) in [7, 11) is -3.60. The highest BCUT2D eigenvalue weighted by Gasteiger charge is 2.31. The fraction of sp³-hybridized carbons (Fsp3) is 0.294. The number of piperazine rings is 1. The van der Waals surface area contributed by atoms with Crippen LogP contribution in [0.1, 0.15) is 5.56 Å². The van der Waals surface area contributed by atoms with Gasteiger partial charge in [0.2, 0.25) is 10.0 Å². The minimum Gasteiger partial charge on any atom is -0.369 e. The second kappa shape index (κ2) is 6.77. The van der Waals surface area contributed by atoms with Gasteiger partial charge >= 0.3 is 0 Å². The van der Waals surface area contributed by atoms with Gasteiger partial charge in [0, 0.05) is 36.9 Å². The summed E-state index contributed by atoms with van der Waals surface area (Å²) in [5.41, 5.74) is 3.25. The molecule has 0 unspecified atom stereocenters. The molecule has 4 rings (SSSR count). The standard InChI is InChI=1S/C17H17ClN4O2S2/c1-12-5-6-13(18)11-15(12)21-7-9-22(10-8-21)26(23,24)16-4-2-3-14-17(16)20-25-19-14/h2-6,11H,7-10H2,1H3. The quantitative estimate of drug-likeness (QED) is 0.666. The number of rotatable bonds is 3. The molecule has 1 saturated heterocycles. The smallest absolute Gasteiger partial charge is 0.245 e. The Morgan fingerprint density at radius 1 is 1.08 bits per heavy atom. The predicted molar refractivity (Wildman–Crippen MR) is 105 cm³/mol. The van der Waals surface area contributed by atoms with Crippen LogP contribution in [-0.2, 0) is 10.0 Å². The molecule has 1 aliphatic rings. The van der Waals surface area contributed by atoms with Crippen molar-refractivity contribution < 1.29 is 8.42 Å². The second-order valence-corrected chi connectivity index (χ2v) is 9.08. The topological polar surface area (TPSA) is 66.4 Å². The summed E-state index contributed by atoms with van der Waals surface area (Å²) < 4.78 is 36.0. The highest BCUT2D eigenvalue weighted by molar-refractivity contribution is 7.89. The van der Waals surface area contributed by atoms with Crippen LogP contribution < -0.4 is 4.90 Å². The molecule has 2 heterocycles. The Morgan fingerprint density at radius 2 is 1.85 bits per heavy atom. The zero-order valence-electron chi connectivity index (χ0n) is 14.1. The van der Waals surface area contributed by atoms with E-state index < -0.39 is 10.0 Å². The fourth-order valence-electron chi connectivity index (χ4n) is 3.22. The molecule has 0 saturated carbocycles. The molecule has 0 atom stereocenters. The summed E-state index contributed by atoms with van der Waals surface area (Å²) >= 11 is 7.14. The van der Waals surface area contributed by atoms with Crippen molar-refractivity contribution in [3.8, 4) is 0 Å². The summed E-state index contributed by atoms with van der Waals surface area (Å²) in [4.78, 5) is 2.41. The highest BCUT2D eigenvalue weighted by atomic mass is 35.5. The molecule has 0 spiro atoms. The van der Waals surface area contributed by atoms with Crippen molar-refractivity contribution in [2.24, 2.45) is 0 Å². The van der Waals surface area contributed by atoms with Gasteiger partial charge in [-0.05, 0) is 36.8 Å². The molecule has 0 radical (unpaired) electrons. The zero-order chi connectivity index (χ0) is 18.3. The highest BCUT2D eigenvalue weighted by Crippen LogP contribution is 2.28. The average Bonchev–Trinajstić information content (AvgIpc) is 3.12. The van der Waals surface area contributed by atoms with E-state index in [9.17, 15) is 8.42 Å². The molecule has 1 aromatic heterocycles. The van der Waals surface area contributed by atoms with Crippen LogP contribution in [0.15, 0.2) is 41.3 Å². The van der Waals surface area contributed by atoms with Crippen LogP contribution in [-0.4, -0.2) is 47.6 Å². The number of benzene rings is 2. The fourth-order valence-corrected chi connectivity index (χ4v) is 5.56. The van der Waals surface area contributed by atoms with Crippen LogP contribution in [0, 0.1) is 6.92 Å². The Bertz CT molecular complexity index is 1060. The van der Waals surface area contributed by atoms with E-state index >= 15 is 0 Å². The maximum Gasteiger partial charge on any atom is 0.245 e. The van der Waals surface area contributed by atoms with Crippen LogP contribution in [0.25, 0.3) is 11.0 Å². The predicted octanol–water partition coefficient (Wildman–Crippen LogP) is 3.16.